The fraction of sp³-hybridized carbons (Fsp3) is 0.105. The van der Waals surface area contributed by atoms with Crippen molar-refractivity contribution in [3.63, 3.8) is 0 Å². The van der Waals surface area contributed by atoms with E-state index >= 15 is 0 Å². The first-order valence-electron chi connectivity index (χ1n) is 7.94. The molecule has 0 aliphatic rings. The van der Waals surface area contributed by atoms with Crippen molar-refractivity contribution in [1.29, 1.82) is 0 Å². The first-order valence-corrected chi connectivity index (χ1v) is 7.94. The Morgan fingerprint density at radius 3 is 2.37 bits per heavy atom. The van der Waals surface area contributed by atoms with Crippen molar-refractivity contribution >= 4 is 12.1 Å². The average Bonchev–Trinajstić information content (AvgIpc) is 3.14. The lowest BCUT2D eigenvalue weighted by molar-refractivity contribution is 0.0696. The number of nitrogens with zero attached hydrogens (tertiary/aromatic N) is 1. The summed E-state index contributed by atoms with van der Waals surface area (Å²) in [6, 6.07) is 15.4. The summed E-state index contributed by atoms with van der Waals surface area (Å²) in [6.45, 7) is 0.238. The first-order chi connectivity index (χ1) is 13.0. The number of carboxylic acids is 1. The third-order valence-electron chi connectivity index (χ3n) is 3.67. The fourth-order valence-electron chi connectivity index (χ4n) is 2.29. The number of primary amides is 1. The molecule has 3 rings (SSSR count). The Balaban J connectivity index is 1.58. The molecule has 3 N–H and O–H groups in total. The molecule has 0 spiro atoms. The van der Waals surface area contributed by atoms with E-state index in [-0.39, 0.29) is 12.2 Å². The Hall–Kier alpha value is -3.81. The standard InChI is InChI=1S/C19H16N2O6/c20-19(24)26-11-16-9-17(21-27-16)13-5-7-15(8-6-13)25-10-12-1-3-14(4-2-12)18(22)23/h1-9H,10-11H2,(H2,20,24)(H,22,23). The van der Waals surface area contributed by atoms with Gasteiger partial charge >= 0.3 is 12.1 Å². The predicted octanol–water partition coefficient (Wildman–Crippen LogP) is 3.21. The summed E-state index contributed by atoms with van der Waals surface area (Å²) in [5, 5.41) is 12.8. The third-order valence-corrected chi connectivity index (χ3v) is 3.67. The quantitative estimate of drug-likeness (QED) is 0.656. The number of hydrogen-bond donors (Lipinski definition) is 2. The SMILES string of the molecule is NC(=O)OCc1cc(-c2ccc(OCc3ccc(C(=O)O)cc3)cc2)no1. The van der Waals surface area contributed by atoms with Crippen LogP contribution in [-0.2, 0) is 18.0 Å². The number of ether oxygens (including phenoxy) is 2. The molecular formula is C19H16N2O6. The zero-order chi connectivity index (χ0) is 19.2. The fourth-order valence-corrected chi connectivity index (χ4v) is 2.29. The van der Waals surface area contributed by atoms with Gasteiger partial charge in [0.15, 0.2) is 12.4 Å². The Morgan fingerprint density at radius 2 is 1.74 bits per heavy atom. The monoisotopic (exact) mass is 368 g/mol. The molecule has 0 fully saturated rings. The highest BCUT2D eigenvalue weighted by atomic mass is 16.6. The number of aromatic nitrogens is 1. The zero-order valence-electron chi connectivity index (χ0n) is 14.1. The van der Waals surface area contributed by atoms with Crippen molar-refractivity contribution < 1.29 is 28.7 Å². The molecule has 1 heterocycles. The van der Waals surface area contributed by atoms with Gasteiger partial charge in [0.25, 0.3) is 0 Å². The Kier molecular flexibility index (Phi) is 5.36. The normalized spacial score (nSPS) is 10.4. The average molecular weight is 368 g/mol. The van der Waals surface area contributed by atoms with Crippen LogP contribution in [0.5, 0.6) is 5.75 Å². The van der Waals surface area contributed by atoms with Crippen LogP contribution in [0.25, 0.3) is 11.3 Å². The topological polar surface area (TPSA) is 125 Å². The number of aromatic carboxylic acids is 1. The van der Waals surface area contributed by atoms with E-state index in [9.17, 15) is 9.59 Å². The Morgan fingerprint density at radius 1 is 1.04 bits per heavy atom. The lowest BCUT2D eigenvalue weighted by Gasteiger charge is -2.07. The summed E-state index contributed by atoms with van der Waals surface area (Å²) in [7, 11) is 0. The number of amides is 1. The van der Waals surface area contributed by atoms with Crippen molar-refractivity contribution in [2.75, 3.05) is 0 Å². The van der Waals surface area contributed by atoms with E-state index in [1.807, 2.05) is 12.1 Å². The molecule has 0 aliphatic heterocycles. The molecule has 0 radical (unpaired) electrons. The molecule has 0 saturated carbocycles. The molecule has 1 amide bonds. The van der Waals surface area contributed by atoms with Crippen LogP contribution >= 0.6 is 0 Å². The van der Waals surface area contributed by atoms with Gasteiger partial charge in [-0.1, -0.05) is 17.3 Å². The highest BCUT2D eigenvalue weighted by Gasteiger charge is 2.08. The van der Waals surface area contributed by atoms with Crippen LogP contribution in [-0.4, -0.2) is 22.3 Å². The van der Waals surface area contributed by atoms with Crippen molar-refractivity contribution in [2.24, 2.45) is 5.73 Å². The van der Waals surface area contributed by atoms with E-state index in [0.29, 0.717) is 23.8 Å². The van der Waals surface area contributed by atoms with E-state index in [1.165, 1.54) is 12.1 Å². The van der Waals surface area contributed by atoms with E-state index in [2.05, 4.69) is 9.89 Å². The number of carboxylic acid groups (broad SMARTS) is 1. The van der Waals surface area contributed by atoms with Crippen LogP contribution in [0.2, 0.25) is 0 Å². The van der Waals surface area contributed by atoms with Gasteiger partial charge in [0, 0.05) is 11.6 Å². The van der Waals surface area contributed by atoms with Crippen molar-refractivity contribution in [2.45, 2.75) is 13.2 Å². The van der Waals surface area contributed by atoms with E-state index in [1.54, 1.807) is 30.3 Å². The van der Waals surface area contributed by atoms with Crippen molar-refractivity contribution in [1.82, 2.24) is 5.16 Å². The minimum atomic E-state index is -0.963. The molecule has 8 nitrogen and oxygen atoms in total. The number of benzene rings is 2. The van der Waals surface area contributed by atoms with Gasteiger partial charge in [-0.15, -0.1) is 0 Å². The molecule has 2 aromatic carbocycles. The summed E-state index contributed by atoms with van der Waals surface area (Å²) in [5.74, 6) is 0.0750. The lowest BCUT2D eigenvalue weighted by atomic mass is 10.1. The molecule has 0 saturated heterocycles. The number of carbonyl (C=O) groups is 2. The van der Waals surface area contributed by atoms with Gasteiger partial charge in [-0.25, -0.2) is 9.59 Å². The lowest BCUT2D eigenvalue weighted by Crippen LogP contribution is -2.12. The largest absolute Gasteiger partial charge is 0.489 e. The number of hydrogen-bond acceptors (Lipinski definition) is 6. The maximum absolute atomic E-state index is 10.8. The molecule has 8 heteroatoms. The number of rotatable bonds is 7. The zero-order valence-corrected chi connectivity index (χ0v) is 14.1. The van der Waals surface area contributed by atoms with Crippen LogP contribution in [0.3, 0.4) is 0 Å². The van der Waals surface area contributed by atoms with Crippen LogP contribution in [0.4, 0.5) is 4.79 Å². The number of nitrogens with two attached hydrogens (primary N) is 1. The molecule has 0 unspecified atom stereocenters. The van der Waals surface area contributed by atoms with Gasteiger partial charge in [-0.05, 0) is 42.0 Å². The maximum Gasteiger partial charge on any atom is 0.404 e. The molecule has 0 bridgehead atoms. The van der Waals surface area contributed by atoms with Crippen molar-refractivity contribution in [3.05, 3.63) is 71.5 Å². The van der Waals surface area contributed by atoms with Gasteiger partial charge in [-0.2, -0.15) is 0 Å². The molecule has 3 aromatic rings. The Bertz CT molecular complexity index is 932. The van der Waals surface area contributed by atoms with Crippen LogP contribution in [0.1, 0.15) is 21.7 Å². The van der Waals surface area contributed by atoms with E-state index in [0.717, 1.165) is 11.1 Å². The predicted molar refractivity (Wildman–Crippen MR) is 94.0 cm³/mol. The summed E-state index contributed by atoms with van der Waals surface area (Å²) in [5.41, 5.74) is 7.40. The van der Waals surface area contributed by atoms with Crippen molar-refractivity contribution in [3.8, 4) is 17.0 Å². The van der Waals surface area contributed by atoms with Gasteiger partial charge in [-0.3, -0.25) is 0 Å². The summed E-state index contributed by atoms with van der Waals surface area (Å²) in [4.78, 5) is 21.4. The van der Waals surface area contributed by atoms with Gasteiger partial charge < -0.3 is 24.8 Å². The molecular weight excluding hydrogens is 352 g/mol. The van der Waals surface area contributed by atoms with Crippen LogP contribution in [0.15, 0.2) is 59.1 Å². The molecule has 1 aromatic heterocycles. The smallest absolute Gasteiger partial charge is 0.404 e. The minimum Gasteiger partial charge on any atom is -0.489 e. The second-order valence-electron chi connectivity index (χ2n) is 5.60. The summed E-state index contributed by atoms with van der Waals surface area (Å²) in [6.07, 6.45) is -0.882. The molecule has 138 valence electrons. The van der Waals surface area contributed by atoms with Crippen LogP contribution in [0, 0.1) is 0 Å². The first kappa shape index (κ1) is 18.0. The van der Waals surface area contributed by atoms with Gasteiger partial charge in [0.2, 0.25) is 0 Å². The second-order valence-corrected chi connectivity index (χ2v) is 5.60. The third kappa shape index (κ3) is 4.85. The molecule has 0 aliphatic carbocycles. The van der Waals surface area contributed by atoms with E-state index in [4.69, 9.17) is 20.1 Å². The Labute approximate surface area is 154 Å². The maximum atomic E-state index is 10.8. The minimum absolute atomic E-state index is 0.0792. The van der Waals surface area contributed by atoms with Gasteiger partial charge in [0.05, 0.1) is 5.56 Å². The summed E-state index contributed by atoms with van der Waals surface area (Å²) < 4.78 is 15.4. The highest BCUT2D eigenvalue weighted by Crippen LogP contribution is 2.23. The van der Waals surface area contributed by atoms with Crippen LogP contribution < -0.4 is 10.5 Å². The second kappa shape index (κ2) is 8.05. The van der Waals surface area contributed by atoms with E-state index < -0.39 is 12.1 Å². The van der Waals surface area contributed by atoms with Gasteiger partial charge in [0.1, 0.15) is 18.1 Å². The molecule has 0 atom stereocenters. The molecule has 27 heavy (non-hydrogen) atoms. The number of carbonyl (C=O) groups excluding carboxylic acids is 1. The highest BCUT2D eigenvalue weighted by molar-refractivity contribution is 5.87. The summed E-state index contributed by atoms with van der Waals surface area (Å²) >= 11 is 0.